The zero-order valence-electron chi connectivity index (χ0n) is 9.36. The van der Waals surface area contributed by atoms with Crippen LogP contribution in [0.4, 0.5) is 4.79 Å². The van der Waals surface area contributed by atoms with E-state index >= 15 is 0 Å². The van der Waals surface area contributed by atoms with Crippen LogP contribution in [0.1, 0.15) is 31.4 Å². The van der Waals surface area contributed by atoms with Crippen LogP contribution in [-0.4, -0.2) is 32.8 Å². The molecular weight excluding hydrogens is 224 g/mol. The highest BCUT2D eigenvalue weighted by atomic mass is 16.4. The lowest BCUT2D eigenvalue weighted by Crippen LogP contribution is -2.48. The van der Waals surface area contributed by atoms with Crippen LogP contribution < -0.4 is 10.6 Å². The molecule has 1 saturated carbocycles. The smallest absolute Gasteiger partial charge is 0.329 e. The number of rotatable bonds is 4. The van der Waals surface area contributed by atoms with E-state index in [1.165, 1.54) is 0 Å². The van der Waals surface area contributed by atoms with E-state index in [-0.39, 0.29) is 6.04 Å². The predicted octanol–water partition coefficient (Wildman–Crippen LogP) is 0.387. The van der Waals surface area contributed by atoms with Crippen LogP contribution in [0.2, 0.25) is 0 Å². The number of carboxylic acid groups (broad SMARTS) is 1. The molecule has 1 heterocycles. The van der Waals surface area contributed by atoms with Gasteiger partial charge in [0.25, 0.3) is 0 Å². The van der Waals surface area contributed by atoms with Gasteiger partial charge < -0.3 is 15.7 Å². The highest BCUT2D eigenvalue weighted by molar-refractivity contribution is 5.89. The second-order valence-corrected chi connectivity index (χ2v) is 4.24. The topological polar surface area (TPSA) is 107 Å². The zero-order chi connectivity index (χ0) is 12.5. The van der Waals surface area contributed by atoms with Gasteiger partial charge in [0.05, 0.1) is 12.2 Å². The molecule has 1 aliphatic rings. The lowest BCUT2D eigenvalue weighted by Gasteiger charge is -2.16. The summed E-state index contributed by atoms with van der Waals surface area (Å²) in [5.74, 6) is -0.983. The molecule has 0 spiro atoms. The molecule has 17 heavy (non-hydrogen) atoms. The minimum atomic E-state index is -1.06. The second-order valence-electron chi connectivity index (χ2n) is 4.24. The Labute approximate surface area is 97.6 Å². The van der Waals surface area contributed by atoms with E-state index in [1.807, 2.05) is 0 Å². The number of H-pyrrole nitrogens is 1. The molecule has 0 aromatic carbocycles. The van der Waals surface area contributed by atoms with Gasteiger partial charge in [-0.15, -0.1) is 0 Å². The summed E-state index contributed by atoms with van der Waals surface area (Å²) < 4.78 is 0. The number of nitrogens with zero attached hydrogens (tertiary/aromatic N) is 1. The van der Waals surface area contributed by atoms with Gasteiger partial charge in [0, 0.05) is 11.8 Å². The summed E-state index contributed by atoms with van der Waals surface area (Å²) in [5, 5.41) is 20.5. The summed E-state index contributed by atoms with van der Waals surface area (Å²) in [6.07, 6.45) is 4.25. The normalized spacial score (nSPS) is 18.2. The Morgan fingerprint density at radius 1 is 1.59 bits per heavy atom. The highest BCUT2D eigenvalue weighted by Crippen LogP contribution is 2.35. The summed E-state index contributed by atoms with van der Waals surface area (Å²) in [7, 11) is 0. The van der Waals surface area contributed by atoms with Crippen LogP contribution in [-0.2, 0) is 4.79 Å². The quantitative estimate of drug-likeness (QED) is 0.608. The van der Waals surface area contributed by atoms with Crippen molar-refractivity contribution in [1.82, 2.24) is 20.8 Å². The molecule has 4 N–H and O–H groups in total. The fourth-order valence-electron chi connectivity index (χ4n) is 1.55. The fraction of sp³-hybridized carbons (Fsp3) is 0.500. The lowest BCUT2D eigenvalue weighted by molar-refractivity contribution is -0.140. The van der Waals surface area contributed by atoms with E-state index < -0.39 is 17.5 Å². The van der Waals surface area contributed by atoms with Crippen molar-refractivity contribution < 1.29 is 14.7 Å². The van der Waals surface area contributed by atoms with Crippen LogP contribution in [0.25, 0.3) is 0 Å². The van der Waals surface area contributed by atoms with E-state index in [0.717, 1.165) is 5.56 Å². The minimum Gasteiger partial charge on any atom is -0.480 e. The third kappa shape index (κ3) is 2.38. The molecule has 92 valence electrons. The van der Waals surface area contributed by atoms with Gasteiger partial charge in [0.15, 0.2) is 0 Å². The number of amides is 2. The van der Waals surface area contributed by atoms with Crippen LogP contribution in [0.5, 0.6) is 0 Å². The molecule has 0 saturated heterocycles. The molecule has 0 radical (unpaired) electrons. The Morgan fingerprint density at radius 2 is 2.29 bits per heavy atom. The first kappa shape index (κ1) is 11.4. The standard InChI is InChI=1S/C10H14N4O3/c1-6(7-4-11-12-5-7)13-9(17)14-10(2-3-10)8(15)16/h4-6H,2-3H2,1H3,(H,11,12)(H,15,16)(H2,13,14,17). The largest absolute Gasteiger partial charge is 0.480 e. The molecule has 1 aromatic rings. The summed E-state index contributed by atoms with van der Waals surface area (Å²) >= 11 is 0. The number of carboxylic acids is 1. The fourth-order valence-corrected chi connectivity index (χ4v) is 1.55. The maximum absolute atomic E-state index is 11.6. The van der Waals surface area contributed by atoms with Gasteiger partial charge in [-0.2, -0.15) is 5.10 Å². The van der Waals surface area contributed by atoms with Crippen molar-refractivity contribution in [3.8, 4) is 0 Å². The molecule has 0 bridgehead atoms. The van der Waals surface area contributed by atoms with Crippen LogP contribution in [0.15, 0.2) is 12.4 Å². The number of carbonyl (C=O) groups excluding carboxylic acids is 1. The third-order valence-corrected chi connectivity index (χ3v) is 2.88. The molecule has 1 atom stereocenters. The van der Waals surface area contributed by atoms with Crippen molar-refractivity contribution in [2.45, 2.75) is 31.3 Å². The average Bonchev–Trinajstić information content (AvgIpc) is 2.84. The van der Waals surface area contributed by atoms with Crippen LogP contribution in [0.3, 0.4) is 0 Å². The molecule has 1 unspecified atom stereocenters. The monoisotopic (exact) mass is 238 g/mol. The Bertz CT molecular complexity index is 425. The molecule has 1 fully saturated rings. The van der Waals surface area contributed by atoms with E-state index in [2.05, 4.69) is 20.8 Å². The molecule has 7 heteroatoms. The van der Waals surface area contributed by atoms with Gasteiger partial charge in [-0.3, -0.25) is 5.10 Å². The van der Waals surface area contributed by atoms with Crippen molar-refractivity contribution >= 4 is 12.0 Å². The number of aromatic nitrogens is 2. The van der Waals surface area contributed by atoms with Crippen molar-refractivity contribution in [2.24, 2.45) is 0 Å². The Kier molecular flexibility index (Phi) is 2.74. The molecule has 2 rings (SSSR count). The zero-order valence-corrected chi connectivity index (χ0v) is 9.36. The number of aliphatic carboxylic acids is 1. The highest BCUT2D eigenvalue weighted by Gasteiger charge is 2.51. The first-order chi connectivity index (χ1) is 8.03. The maximum atomic E-state index is 11.6. The predicted molar refractivity (Wildman–Crippen MR) is 58.3 cm³/mol. The summed E-state index contributed by atoms with van der Waals surface area (Å²) in [6.45, 7) is 1.80. The van der Waals surface area contributed by atoms with Gasteiger partial charge in [-0.1, -0.05) is 0 Å². The Balaban J connectivity index is 1.88. The SMILES string of the molecule is CC(NC(=O)NC1(C(=O)O)CC1)c1cn[nH]c1. The molecule has 1 aliphatic carbocycles. The number of hydrogen-bond donors (Lipinski definition) is 4. The first-order valence-electron chi connectivity index (χ1n) is 5.34. The third-order valence-electron chi connectivity index (χ3n) is 2.88. The Hall–Kier alpha value is -2.05. The van der Waals surface area contributed by atoms with Crippen molar-refractivity contribution in [3.05, 3.63) is 18.0 Å². The van der Waals surface area contributed by atoms with Gasteiger partial charge >= 0.3 is 12.0 Å². The number of urea groups is 1. The van der Waals surface area contributed by atoms with Crippen molar-refractivity contribution in [1.29, 1.82) is 0 Å². The average molecular weight is 238 g/mol. The van der Waals surface area contributed by atoms with Gasteiger partial charge in [-0.25, -0.2) is 9.59 Å². The summed E-state index contributed by atoms with van der Waals surface area (Å²) in [5.41, 5.74) is -0.222. The van der Waals surface area contributed by atoms with Crippen molar-refractivity contribution in [2.75, 3.05) is 0 Å². The minimum absolute atomic E-state index is 0.224. The van der Waals surface area contributed by atoms with Gasteiger partial charge in [-0.05, 0) is 19.8 Å². The van der Waals surface area contributed by atoms with Crippen LogP contribution >= 0.6 is 0 Å². The molecule has 1 aromatic heterocycles. The van der Waals surface area contributed by atoms with Gasteiger partial charge in [0.2, 0.25) is 0 Å². The van der Waals surface area contributed by atoms with Crippen molar-refractivity contribution in [3.63, 3.8) is 0 Å². The van der Waals surface area contributed by atoms with Gasteiger partial charge in [0.1, 0.15) is 5.54 Å². The molecular formula is C10H14N4O3. The van der Waals surface area contributed by atoms with E-state index in [1.54, 1.807) is 19.3 Å². The number of aromatic amines is 1. The summed E-state index contributed by atoms with van der Waals surface area (Å²) in [6, 6.07) is -0.697. The Morgan fingerprint density at radius 3 is 2.76 bits per heavy atom. The lowest BCUT2D eigenvalue weighted by atomic mass is 10.2. The van der Waals surface area contributed by atoms with Crippen LogP contribution in [0, 0.1) is 0 Å². The van der Waals surface area contributed by atoms with E-state index in [0.29, 0.717) is 12.8 Å². The van der Waals surface area contributed by atoms with E-state index in [4.69, 9.17) is 5.11 Å². The summed E-state index contributed by atoms with van der Waals surface area (Å²) in [4.78, 5) is 22.5. The molecule has 7 nitrogen and oxygen atoms in total. The number of nitrogens with one attached hydrogen (secondary N) is 3. The first-order valence-corrected chi connectivity index (χ1v) is 5.34. The number of carbonyl (C=O) groups is 2. The number of hydrogen-bond acceptors (Lipinski definition) is 3. The molecule has 2 amide bonds. The van der Waals surface area contributed by atoms with E-state index in [9.17, 15) is 9.59 Å². The molecule has 0 aliphatic heterocycles. The maximum Gasteiger partial charge on any atom is 0.329 e. The second kappa shape index (κ2) is 4.08.